The van der Waals surface area contributed by atoms with Crippen LogP contribution in [-0.4, -0.2) is 36.2 Å². The van der Waals surface area contributed by atoms with E-state index in [2.05, 4.69) is 26.3 Å². The highest BCUT2D eigenvalue weighted by Gasteiger charge is 2.24. The molecule has 2 aromatic rings. The van der Waals surface area contributed by atoms with E-state index in [1.165, 1.54) is 11.3 Å². The summed E-state index contributed by atoms with van der Waals surface area (Å²) in [7, 11) is 0. The standard InChI is InChI=1S/C21H31N5O2S/c1-5-22-19(24-14-21(4,28)18-7-6-12-29-18)23-13-16-8-10-17(11-9-16)26-20(27)25-15(2)3/h6-12,15,28H,5,13-14H2,1-4H3,(H2,22,23,24)(H2,25,26,27). The van der Waals surface area contributed by atoms with Crippen LogP contribution in [0.3, 0.4) is 0 Å². The van der Waals surface area contributed by atoms with Crippen molar-refractivity contribution in [3.8, 4) is 0 Å². The molecule has 5 N–H and O–H groups in total. The first-order valence-corrected chi connectivity index (χ1v) is 10.6. The maximum Gasteiger partial charge on any atom is 0.319 e. The van der Waals surface area contributed by atoms with E-state index < -0.39 is 5.60 Å². The van der Waals surface area contributed by atoms with Gasteiger partial charge in [-0.15, -0.1) is 11.3 Å². The summed E-state index contributed by atoms with van der Waals surface area (Å²) in [5.41, 5.74) is 0.781. The van der Waals surface area contributed by atoms with Crippen LogP contribution >= 0.6 is 11.3 Å². The third kappa shape index (κ3) is 7.75. The molecular formula is C21H31N5O2S. The lowest BCUT2D eigenvalue weighted by molar-refractivity contribution is 0.0655. The van der Waals surface area contributed by atoms with Crippen LogP contribution in [0.25, 0.3) is 0 Å². The maximum atomic E-state index is 11.8. The molecule has 1 heterocycles. The fourth-order valence-corrected chi connectivity index (χ4v) is 3.35. The molecule has 1 aromatic heterocycles. The van der Waals surface area contributed by atoms with Gasteiger partial charge in [0, 0.05) is 23.2 Å². The van der Waals surface area contributed by atoms with Gasteiger partial charge in [0.1, 0.15) is 5.60 Å². The third-order valence-corrected chi connectivity index (χ3v) is 5.17. The second-order valence-corrected chi connectivity index (χ2v) is 8.20. The van der Waals surface area contributed by atoms with Crippen molar-refractivity contribution in [1.29, 1.82) is 0 Å². The Morgan fingerprint density at radius 1 is 1.21 bits per heavy atom. The van der Waals surface area contributed by atoms with Gasteiger partial charge in [-0.1, -0.05) is 18.2 Å². The Bertz CT molecular complexity index is 786. The van der Waals surface area contributed by atoms with Crippen LogP contribution in [-0.2, 0) is 12.1 Å². The van der Waals surface area contributed by atoms with E-state index in [-0.39, 0.29) is 12.1 Å². The Hall–Kier alpha value is -2.58. The van der Waals surface area contributed by atoms with E-state index in [1.807, 2.05) is 62.5 Å². The number of nitrogens with zero attached hydrogens (tertiary/aromatic N) is 1. The van der Waals surface area contributed by atoms with E-state index in [9.17, 15) is 9.90 Å². The Balaban J connectivity index is 1.93. The largest absolute Gasteiger partial charge is 0.383 e. The molecule has 8 heteroatoms. The minimum absolute atomic E-state index is 0.0844. The summed E-state index contributed by atoms with van der Waals surface area (Å²) >= 11 is 1.53. The first-order chi connectivity index (χ1) is 13.8. The van der Waals surface area contributed by atoms with Gasteiger partial charge >= 0.3 is 6.03 Å². The number of guanidine groups is 1. The average molecular weight is 418 g/mol. The number of rotatable bonds is 8. The van der Waals surface area contributed by atoms with Gasteiger partial charge in [-0.25, -0.2) is 9.79 Å². The zero-order valence-electron chi connectivity index (χ0n) is 17.5. The second kappa shape index (κ2) is 10.8. The topological polar surface area (TPSA) is 97.8 Å². The summed E-state index contributed by atoms with van der Waals surface area (Å²) < 4.78 is 0. The van der Waals surface area contributed by atoms with Crippen LogP contribution in [0.15, 0.2) is 46.8 Å². The Morgan fingerprint density at radius 2 is 1.93 bits per heavy atom. The van der Waals surface area contributed by atoms with Crippen LogP contribution in [0.4, 0.5) is 10.5 Å². The molecule has 158 valence electrons. The summed E-state index contributed by atoms with van der Waals surface area (Å²) in [6.45, 7) is 9.17. The van der Waals surface area contributed by atoms with E-state index in [4.69, 9.17) is 0 Å². The van der Waals surface area contributed by atoms with Crippen molar-refractivity contribution >= 4 is 29.0 Å². The van der Waals surface area contributed by atoms with Gasteiger partial charge in [-0.2, -0.15) is 0 Å². The quantitative estimate of drug-likeness (QED) is 0.336. The molecule has 1 unspecified atom stereocenters. The van der Waals surface area contributed by atoms with Crippen molar-refractivity contribution in [1.82, 2.24) is 16.0 Å². The minimum atomic E-state index is -0.964. The lowest BCUT2D eigenvalue weighted by atomic mass is 10.1. The molecule has 0 saturated carbocycles. The molecule has 7 nitrogen and oxygen atoms in total. The summed E-state index contributed by atoms with van der Waals surface area (Å²) in [5, 5.41) is 24.6. The predicted molar refractivity (Wildman–Crippen MR) is 120 cm³/mol. The molecule has 1 atom stereocenters. The summed E-state index contributed by atoms with van der Waals surface area (Å²) in [6.07, 6.45) is 0. The van der Waals surface area contributed by atoms with Crippen LogP contribution in [0.2, 0.25) is 0 Å². The number of carbonyl (C=O) groups excluding carboxylic acids is 1. The van der Waals surface area contributed by atoms with Crippen LogP contribution < -0.4 is 21.3 Å². The van der Waals surface area contributed by atoms with E-state index in [0.717, 1.165) is 22.7 Å². The number of amides is 2. The van der Waals surface area contributed by atoms with E-state index in [0.29, 0.717) is 19.0 Å². The molecule has 0 spiro atoms. The number of anilines is 1. The first-order valence-electron chi connectivity index (χ1n) is 9.75. The number of aliphatic hydroxyl groups is 1. The van der Waals surface area contributed by atoms with Crippen molar-refractivity contribution in [2.45, 2.75) is 45.9 Å². The number of hydrogen-bond acceptors (Lipinski definition) is 4. The molecule has 0 bridgehead atoms. The summed E-state index contributed by atoms with van der Waals surface area (Å²) in [4.78, 5) is 17.2. The Labute approximate surface area is 176 Å². The van der Waals surface area contributed by atoms with Crippen molar-refractivity contribution in [2.75, 3.05) is 18.4 Å². The lowest BCUT2D eigenvalue weighted by Crippen LogP contribution is -2.44. The van der Waals surface area contributed by atoms with Crippen molar-refractivity contribution in [2.24, 2.45) is 4.99 Å². The summed E-state index contributed by atoms with van der Waals surface area (Å²) in [5.74, 6) is 0.642. The highest BCUT2D eigenvalue weighted by Crippen LogP contribution is 2.24. The number of thiophene rings is 1. The van der Waals surface area contributed by atoms with Crippen LogP contribution in [0.1, 0.15) is 38.1 Å². The van der Waals surface area contributed by atoms with Gasteiger partial charge in [0.2, 0.25) is 0 Å². The number of nitrogens with one attached hydrogen (secondary N) is 4. The third-order valence-electron chi connectivity index (χ3n) is 4.05. The predicted octanol–water partition coefficient (Wildman–Crippen LogP) is 3.24. The second-order valence-electron chi connectivity index (χ2n) is 7.25. The molecule has 29 heavy (non-hydrogen) atoms. The van der Waals surface area contributed by atoms with Crippen LogP contribution in [0.5, 0.6) is 0 Å². The Kier molecular flexibility index (Phi) is 8.48. The molecule has 0 saturated heterocycles. The van der Waals surface area contributed by atoms with Crippen molar-refractivity contribution < 1.29 is 9.90 Å². The van der Waals surface area contributed by atoms with Gasteiger partial charge in [0.25, 0.3) is 0 Å². The number of urea groups is 1. The maximum absolute atomic E-state index is 11.8. The Morgan fingerprint density at radius 3 is 2.52 bits per heavy atom. The molecular weight excluding hydrogens is 386 g/mol. The molecule has 1 aromatic carbocycles. The molecule has 2 rings (SSSR count). The zero-order chi connectivity index (χ0) is 21.3. The monoisotopic (exact) mass is 417 g/mol. The van der Waals surface area contributed by atoms with Crippen molar-refractivity contribution in [3.63, 3.8) is 0 Å². The highest BCUT2D eigenvalue weighted by molar-refractivity contribution is 7.10. The fraction of sp³-hybridized carbons (Fsp3) is 0.429. The van der Waals surface area contributed by atoms with Gasteiger partial charge in [-0.3, -0.25) is 0 Å². The molecule has 2 amide bonds. The molecule has 0 radical (unpaired) electrons. The number of hydrogen-bond donors (Lipinski definition) is 5. The molecule has 0 fully saturated rings. The highest BCUT2D eigenvalue weighted by atomic mass is 32.1. The number of carbonyl (C=O) groups is 1. The van der Waals surface area contributed by atoms with Gasteiger partial charge < -0.3 is 26.4 Å². The smallest absolute Gasteiger partial charge is 0.319 e. The number of aliphatic imine (C=N–C) groups is 1. The van der Waals surface area contributed by atoms with Gasteiger partial charge in [-0.05, 0) is 56.8 Å². The van der Waals surface area contributed by atoms with E-state index in [1.54, 1.807) is 6.92 Å². The zero-order valence-corrected chi connectivity index (χ0v) is 18.3. The summed E-state index contributed by atoms with van der Waals surface area (Å²) in [6, 6.07) is 11.3. The average Bonchev–Trinajstić information content (AvgIpc) is 3.20. The SMILES string of the molecule is CCNC(=NCc1ccc(NC(=O)NC(C)C)cc1)NCC(C)(O)c1cccs1. The normalized spacial score (nSPS) is 13.7. The lowest BCUT2D eigenvalue weighted by Gasteiger charge is -2.23. The minimum Gasteiger partial charge on any atom is -0.383 e. The first kappa shape index (κ1) is 22.7. The van der Waals surface area contributed by atoms with Crippen molar-refractivity contribution in [3.05, 3.63) is 52.2 Å². The van der Waals surface area contributed by atoms with Crippen LogP contribution in [0, 0.1) is 0 Å². The van der Waals surface area contributed by atoms with E-state index >= 15 is 0 Å². The van der Waals surface area contributed by atoms with Gasteiger partial charge in [0.15, 0.2) is 5.96 Å². The fourth-order valence-electron chi connectivity index (χ4n) is 2.56. The molecule has 0 aliphatic rings. The van der Waals surface area contributed by atoms with Gasteiger partial charge in [0.05, 0.1) is 13.1 Å². The molecule has 0 aliphatic heterocycles. The molecule has 0 aliphatic carbocycles. The number of benzene rings is 1.